The van der Waals surface area contributed by atoms with Gasteiger partial charge in [-0.15, -0.1) is 0 Å². The first-order chi connectivity index (χ1) is 13.1. The number of ether oxygens (including phenoxy) is 1. The number of H-pyrrole nitrogens is 1. The number of aromatic amines is 1. The molecule has 142 valence electrons. The van der Waals surface area contributed by atoms with E-state index in [9.17, 15) is 9.18 Å². The van der Waals surface area contributed by atoms with Crippen molar-refractivity contribution in [1.82, 2.24) is 14.9 Å². The van der Waals surface area contributed by atoms with Crippen LogP contribution in [0, 0.1) is 5.82 Å². The van der Waals surface area contributed by atoms with Gasteiger partial charge in [0.2, 0.25) is 0 Å². The van der Waals surface area contributed by atoms with Crippen molar-refractivity contribution >= 4 is 5.71 Å². The minimum absolute atomic E-state index is 0.0890. The molecule has 1 aromatic heterocycles. The third-order valence-corrected chi connectivity index (χ3v) is 5.17. The summed E-state index contributed by atoms with van der Waals surface area (Å²) in [6, 6.07) is 4.97. The maximum atomic E-state index is 13.9. The summed E-state index contributed by atoms with van der Waals surface area (Å²) < 4.78 is 18.9. The average Bonchev–Trinajstić information content (AvgIpc) is 2.69. The summed E-state index contributed by atoms with van der Waals surface area (Å²) in [6.45, 7) is 2.68. The molecule has 0 fully saturated rings. The van der Waals surface area contributed by atoms with E-state index >= 15 is 0 Å². The fraction of sp³-hybridized carbons (Fsp3) is 0.450. The monoisotopic (exact) mass is 370 g/mol. The lowest BCUT2D eigenvalue weighted by molar-refractivity contribution is 0.241. The summed E-state index contributed by atoms with van der Waals surface area (Å²) in [6.07, 6.45) is 3.76. The van der Waals surface area contributed by atoms with E-state index < -0.39 is 0 Å². The number of nitrogens with zero attached hydrogens (tertiary/aromatic N) is 3. The van der Waals surface area contributed by atoms with Crippen molar-refractivity contribution in [3.05, 3.63) is 57.0 Å². The second-order valence-corrected chi connectivity index (χ2v) is 7.05. The van der Waals surface area contributed by atoms with Crippen LogP contribution in [-0.2, 0) is 19.5 Å². The van der Waals surface area contributed by atoms with E-state index in [0.29, 0.717) is 30.9 Å². The van der Waals surface area contributed by atoms with Gasteiger partial charge >= 0.3 is 0 Å². The molecule has 3 heterocycles. The molecule has 27 heavy (non-hydrogen) atoms. The molecule has 1 N–H and O–H groups in total. The highest BCUT2D eigenvalue weighted by Gasteiger charge is 2.23. The maximum Gasteiger partial charge on any atom is 0.255 e. The molecule has 0 saturated carbocycles. The smallest absolute Gasteiger partial charge is 0.255 e. The molecule has 1 aromatic carbocycles. The molecule has 2 aliphatic heterocycles. The van der Waals surface area contributed by atoms with Crippen LogP contribution < -0.4 is 10.3 Å². The van der Waals surface area contributed by atoms with Crippen molar-refractivity contribution in [2.45, 2.75) is 38.8 Å². The number of hydrogen-bond acceptors (Lipinski definition) is 5. The zero-order valence-corrected chi connectivity index (χ0v) is 15.4. The molecule has 0 saturated heterocycles. The van der Waals surface area contributed by atoms with Gasteiger partial charge in [-0.1, -0.05) is 6.07 Å². The summed E-state index contributed by atoms with van der Waals surface area (Å²) in [5.41, 5.74) is 3.25. The van der Waals surface area contributed by atoms with E-state index in [2.05, 4.69) is 19.9 Å². The third-order valence-electron chi connectivity index (χ3n) is 5.17. The Balaban J connectivity index is 1.52. The topological polar surface area (TPSA) is 70.6 Å². The van der Waals surface area contributed by atoms with Crippen LogP contribution in [0.3, 0.4) is 0 Å². The Morgan fingerprint density at radius 1 is 1.30 bits per heavy atom. The van der Waals surface area contributed by atoms with E-state index in [1.54, 1.807) is 6.07 Å². The second kappa shape index (κ2) is 7.60. The normalized spacial score (nSPS) is 17.3. The van der Waals surface area contributed by atoms with Gasteiger partial charge in [-0.05, 0) is 37.0 Å². The number of benzene rings is 1. The third kappa shape index (κ3) is 3.78. The Bertz CT molecular complexity index is 938. The predicted molar refractivity (Wildman–Crippen MR) is 101 cm³/mol. The fourth-order valence-electron chi connectivity index (χ4n) is 3.71. The summed E-state index contributed by atoms with van der Waals surface area (Å²) in [5, 5.41) is 0. The molecule has 6 nitrogen and oxygen atoms in total. The van der Waals surface area contributed by atoms with Crippen molar-refractivity contribution in [2.24, 2.45) is 4.99 Å². The predicted octanol–water partition coefficient (Wildman–Crippen LogP) is 2.45. The largest absolute Gasteiger partial charge is 0.494 e. The molecule has 2 aliphatic rings. The minimum atomic E-state index is -0.371. The van der Waals surface area contributed by atoms with E-state index in [-0.39, 0.29) is 17.1 Å². The standard InChI is InChI=1S/C20H23FN4O2/c1-27-18-6-5-13(10-15(18)21)11-25-9-7-16-14(12-25)20(26)24-19(23-16)17-4-2-3-8-22-17/h5-6,10H,2-4,7-9,11-12H2,1H3,(H,23,24,26). The highest BCUT2D eigenvalue weighted by molar-refractivity contribution is 5.97. The Morgan fingerprint density at radius 2 is 2.19 bits per heavy atom. The van der Waals surface area contributed by atoms with Crippen LogP contribution >= 0.6 is 0 Å². The maximum absolute atomic E-state index is 13.9. The van der Waals surface area contributed by atoms with Crippen LogP contribution in [0.5, 0.6) is 5.75 Å². The van der Waals surface area contributed by atoms with Gasteiger partial charge in [-0.2, -0.15) is 0 Å². The van der Waals surface area contributed by atoms with Gasteiger partial charge in [0, 0.05) is 32.6 Å². The van der Waals surface area contributed by atoms with Gasteiger partial charge in [0.05, 0.1) is 24.1 Å². The van der Waals surface area contributed by atoms with Crippen molar-refractivity contribution in [3.63, 3.8) is 0 Å². The molecule has 0 spiro atoms. The van der Waals surface area contributed by atoms with Crippen LogP contribution in [0.25, 0.3) is 0 Å². The molecule has 0 radical (unpaired) electrons. The zero-order chi connectivity index (χ0) is 18.8. The van der Waals surface area contributed by atoms with Gasteiger partial charge in [-0.25, -0.2) is 9.37 Å². The molecule has 7 heteroatoms. The summed E-state index contributed by atoms with van der Waals surface area (Å²) >= 11 is 0. The quantitative estimate of drug-likeness (QED) is 0.897. The molecule has 0 aliphatic carbocycles. The molecule has 0 amide bonds. The lowest BCUT2D eigenvalue weighted by Crippen LogP contribution is -2.36. The van der Waals surface area contributed by atoms with Crippen LogP contribution in [0.2, 0.25) is 0 Å². The van der Waals surface area contributed by atoms with Crippen molar-refractivity contribution in [1.29, 1.82) is 0 Å². The van der Waals surface area contributed by atoms with Gasteiger partial charge in [0.1, 0.15) is 0 Å². The number of methoxy groups -OCH3 is 1. The molecular formula is C20H23FN4O2. The SMILES string of the molecule is COc1ccc(CN2CCc3nc(C4=NCCCC4)[nH]c(=O)c3C2)cc1F. The minimum Gasteiger partial charge on any atom is -0.494 e. The zero-order valence-electron chi connectivity index (χ0n) is 15.4. The molecule has 0 atom stereocenters. The van der Waals surface area contributed by atoms with Crippen LogP contribution in [-0.4, -0.2) is 40.8 Å². The van der Waals surface area contributed by atoms with Crippen LogP contribution in [0.4, 0.5) is 4.39 Å². The average molecular weight is 370 g/mol. The first-order valence-electron chi connectivity index (χ1n) is 9.34. The van der Waals surface area contributed by atoms with E-state index in [4.69, 9.17) is 4.74 Å². The number of nitrogens with one attached hydrogen (secondary N) is 1. The van der Waals surface area contributed by atoms with Crippen molar-refractivity contribution < 1.29 is 9.13 Å². The van der Waals surface area contributed by atoms with Gasteiger partial charge in [-0.3, -0.25) is 14.7 Å². The lowest BCUT2D eigenvalue weighted by Gasteiger charge is -2.28. The molecule has 4 rings (SSSR count). The molecule has 0 unspecified atom stereocenters. The van der Waals surface area contributed by atoms with Gasteiger partial charge in [0.15, 0.2) is 17.4 Å². The molecule has 2 aromatic rings. The van der Waals surface area contributed by atoms with E-state index in [1.807, 2.05) is 6.07 Å². The molecule has 0 bridgehead atoms. The number of aromatic nitrogens is 2. The number of rotatable bonds is 4. The van der Waals surface area contributed by atoms with E-state index in [1.165, 1.54) is 13.2 Å². The number of aliphatic imine (C=N–C) groups is 1. The Morgan fingerprint density at radius 3 is 2.93 bits per heavy atom. The number of fused-ring (bicyclic) bond motifs is 1. The van der Waals surface area contributed by atoms with Gasteiger partial charge in [0.25, 0.3) is 5.56 Å². The Hall–Kier alpha value is -2.54. The number of halogens is 1. The first kappa shape index (κ1) is 17.9. The van der Waals surface area contributed by atoms with E-state index in [0.717, 1.165) is 49.3 Å². The Labute approximate surface area is 157 Å². The second-order valence-electron chi connectivity index (χ2n) is 7.05. The fourth-order valence-corrected chi connectivity index (χ4v) is 3.71. The highest BCUT2D eigenvalue weighted by atomic mass is 19.1. The molecular weight excluding hydrogens is 347 g/mol. The summed E-state index contributed by atoms with van der Waals surface area (Å²) in [7, 11) is 1.45. The number of hydrogen-bond donors (Lipinski definition) is 1. The van der Waals surface area contributed by atoms with Gasteiger partial charge < -0.3 is 9.72 Å². The lowest BCUT2D eigenvalue weighted by atomic mass is 10.0. The van der Waals surface area contributed by atoms with Crippen molar-refractivity contribution in [3.8, 4) is 5.75 Å². The van der Waals surface area contributed by atoms with Crippen LogP contribution in [0.15, 0.2) is 28.0 Å². The van der Waals surface area contributed by atoms with Crippen LogP contribution in [0.1, 0.15) is 41.9 Å². The summed E-state index contributed by atoms with van der Waals surface area (Å²) in [4.78, 5) is 26.9. The van der Waals surface area contributed by atoms with Crippen molar-refractivity contribution in [2.75, 3.05) is 20.2 Å². The first-order valence-corrected chi connectivity index (χ1v) is 9.34. The Kier molecular flexibility index (Phi) is 5.03. The summed E-state index contributed by atoms with van der Waals surface area (Å²) in [5.74, 6) is 0.496. The highest BCUT2D eigenvalue weighted by Crippen LogP contribution is 2.21.